The second kappa shape index (κ2) is 9.59. The van der Waals surface area contributed by atoms with E-state index in [9.17, 15) is 0 Å². The van der Waals surface area contributed by atoms with Gasteiger partial charge in [-0.1, -0.05) is 13.8 Å². The highest BCUT2D eigenvalue weighted by molar-refractivity contribution is 7.15. The fourth-order valence-corrected chi connectivity index (χ4v) is 7.42. The van der Waals surface area contributed by atoms with Gasteiger partial charge in [-0.2, -0.15) is 10.2 Å². The number of pyridine rings is 1. The predicted octanol–water partition coefficient (Wildman–Crippen LogP) is 5.81. The summed E-state index contributed by atoms with van der Waals surface area (Å²) in [5.74, 6) is 1.58. The van der Waals surface area contributed by atoms with Gasteiger partial charge in [0.05, 0.1) is 24.2 Å². The molecule has 5 heterocycles. The summed E-state index contributed by atoms with van der Waals surface area (Å²) in [6.07, 6.45) is 11.4. The number of H-pyrrole nitrogens is 1. The third kappa shape index (κ3) is 4.12. The lowest BCUT2D eigenvalue weighted by atomic mass is 9.84. The molecule has 1 aliphatic heterocycles. The zero-order valence-corrected chi connectivity index (χ0v) is 22.4. The molecule has 0 atom stereocenters. The SMILES string of the molecule is COc1cc(-c2n[nH]c(-c3nc(C)c(C4CCC(N5CCCC5)CC4)s3)c2C(C)C)cn2ncnc12. The zero-order valence-electron chi connectivity index (χ0n) is 21.6. The van der Waals surface area contributed by atoms with E-state index in [1.54, 1.807) is 18.0 Å². The van der Waals surface area contributed by atoms with Crippen LogP contribution >= 0.6 is 11.3 Å². The van der Waals surface area contributed by atoms with E-state index in [2.05, 4.69) is 40.9 Å². The van der Waals surface area contributed by atoms with Crippen molar-refractivity contribution in [2.75, 3.05) is 20.2 Å². The standard InChI is InChI=1S/C27H35N7OS/c1-16(2)22-23(19-13-21(35-4)26-28-15-29-34(26)14-19)31-32-24(22)27-30-17(3)25(36-27)18-7-9-20(10-8-18)33-11-5-6-12-33/h13-16,18,20H,5-12H2,1-4H3,(H,31,32). The number of hydrogen-bond acceptors (Lipinski definition) is 7. The summed E-state index contributed by atoms with van der Waals surface area (Å²) in [7, 11) is 1.66. The maximum atomic E-state index is 5.59. The molecule has 190 valence electrons. The summed E-state index contributed by atoms with van der Waals surface area (Å²) in [4.78, 5) is 13.6. The normalized spacial score (nSPS) is 21.1. The average molecular weight is 506 g/mol. The van der Waals surface area contributed by atoms with Crippen LogP contribution in [0.3, 0.4) is 0 Å². The van der Waals surface area contributed by atoms with E-state index in [4.69, 9.17) is 14.8 Å². The monoisotopic (exact) mass is 505 g/mol. The van der Waals surface area contributed by atoms with E-state index < -0.39 is 0 Å². The summed E-state index contributed by atoms with van der Waals surface area (Å²) in [5.41, 5.74) is 5.94. The van der Waals surface area contributed by atoms with Gasteiger partial charge in [-0.25, -0.2) is 14.5 Å². The van der Waals surface area contributed by atoms with Gasteiger partial charge < -0.3 is 9.64 Å². The molecule has 9 heteroatoms. The molecule has 1 N–H and O–H groups in total. The number of rotatable bonds is 6. The van der Waals surface area contributed by atoms with Crippen molar-refractivity contribution in [1.82, 2.24) is 34.7 Å². The number of likely N-dealkylation sites (tertiary alicyclic amines) is 1. The summed E-state index contributed by atoms with van der Waals surface area (Å²) in [6.45, 7) is 9.20. The number of aromatic amines is 1. The lowest BCUT2D eigenvalue weighted by molar-refractivity contribution is 0.182. The average Bonchev–Trinajstić information content (AvgIpc) is 3.69. The molecular weight excluding hydrogens is 470 g/mol. The van der Waals surface area contributed by atoms with E-state index in [1.807, 2.05) is 23.6 Å². The number of aryl methyl sites for hydroxylation is 1. The van der Waals surface area contributed by atoms with Crippen LogP contribution in [0.1, 0.15) is 80.3 Å². The maximum absolute atomic E-state index is 5.59. The van der Waals surface area contributed by atoms with E-state index in [-0.39, 0.29) is 5.92 Å². The minimum Gasteiger partial charge on any atom is -0.493 e. The lowest BCUT2D eigenvalue weighted by Gasteiger charge is -2.34. The van der Waals surface area contributed by atoms with E-state index in [1.165, 1.54) is 67.7 Å². The Bertz CT molecular complexity index is 1360. The Morgan fingerprint density at radius 2 is 1.92 bits per heavy atom. The van der Waals surface area contributed by atoms with E-state index >= 15 is 0 Å². The number of ether oxygens (including phenoxy) is 1. The van der Waals surface area contributed by atoms with Crippen molar-refractivity contribution in [2.24, 2.45) is 0 Å². The molecule has 36 heavy (non-hydrogen) atoms. The largest absolute Gasteiger partial charge is 0.493 e. The van der Waals surface area contributed by atoms with Crippen LogP contribution in [-0.4, -0.2) is 60.9 Å². The van der Waals surface area contributed by atoms with Gasteiger partial charge in [0.2, 0.25) is 0 Å². The quantitative estimate of drug-likeness (QED) is 0.356. The minimum atomic E-state index is 0.273. The van der Waals surface area contributed by atoms with Crippen LogP contribution in [0, 0.1) is 6.92 Å². The Morgan fingerprint density at radius 1 is 1.14 bits per heavy atom. The molecule has 4 aromatic rings. The van der Waals surface area contributed by atoms with Gasteiger partial charge >= 0.3 is 0 Å². The van der Waals surface area contributed by atoms with Crippen LogP contribution in [0.15, 0.2) is 18.6 Å². The first kappa shape index (κ1) is 23.6. The molecule has 6 rings (SSSR count). The molecule has 0 unspecified atom stereocenters. The lowest BCUT2D eigenvalue weighted by Crippen LogP contribution is -2.35. The van der Waals surface area contributed by atoms with Gasteiger partial charge in [0.15, 0.2) is 11.4 Å². The second-order valence-electron chi connectivity index (χ2n) is 10.6. The van der Waals surface area contributed by atoms with Crippen LogP contribution in [0.4, 0.5) is 0 Å². The molecule has 4 aromatic heterocycles. The van der Waals surface area contributed by atoms with Gasteiger partial charge in [0, 0.05) is 28.2 Å². The smallest absolute Gasteiger partial charge is 0.197 e. The minimum absolute atomic E-state index is 0.273. The highest BCUT2D eigenvalue weighted by atomic mass is 32.1. The Balaban J connectivity index is 1.30. The number of aromatic nitrogens is 6. The fourth-order valence-electron chi connectivity index (χ4n) is 6.18. The zero-order chi connectivity index (χ0) is 24.8. The Hall–Kier alpha value is -2.78. The van der Waals surface area contributed by atoms with Crippen LogP contribution in [0.2, 0.25) is 0 Å². The van der Waals surface area contributed by atoms with Crippen LogP contribution < -0.4 is 4.74 Å². The fraction of sp³-hybridized carbons (Fsp3) is 0.556. The van der Waals surface area contributed by atoms with Gasteiger partial charge in [-0.05, 0) is 76.4 Å². The summed E-state index contributed by atoms with van der Waals surface area (Å²) < 4.78 is 7.34. The molecule has 2 aliphatic rings. The van der Waals surface area contributed by atoms with Crippen LogP contribution in [0.25, 0.3) is 27.6 Å². The number of nitrogens with one attached hydrogen (secondary N) is 1. The molecule has 0 bridgehead atoms. The van der Waals surface area contributed by atoms with E-state index in [0.717, 1.165) is 28.0 Å². The molecular formula is C27H35N7OS. The van der Waals surface area contributed by atoms with Gasteiger partial charge in [-0.3, -0.25) is 5.10 Å². The van der Waals surface area contributed by atoms with Crippen molar-refractivity contribution in [1.29, 1.82) is 0 Å². The number of nitrogens with zero attached hydrogens (tertiary/aromatic N) is 6. The molecule has 0 spiro atoms. The first-order valence-corrected chi connectivity index (χ1v) is 14.0. The van der Waals surface area contributed by atoms with Crippen LogP contribution in [0.5, 0.6) is 5.75 Å². The number of hydrogen-bond donors (Lipinski definition) is 1. The topological polar surface area (TPSA) is 84.2 Å². The molecule has 0 radical (unpaired) electrons. The molecule has 1 saturated carbocycles. The highest BCUT2D eigenvalue weighted by Gasteiger charge is 2.31. The van der Waals surface area contributed by atoms with Crippen LogP contribution in [-0.2, 0) is 0 Å². The molecule has 0 aromatic carbocycles. The first-order valence-electron chi connectivity index (χ1n) is 13.2. The first-order chi connectivity index (χ1) is 17.5. The van der Waals surface area contributed by atoms with Crippen molar-refractivity contribution in [3.63, 3.8) is 0 Å². The maximum Gasteiger partial charge on any atom is 0.197 e. The third-order valence-electron chi connectivity index (χ3n) is 7.99. The van der Waals surface area contributed by atoms with Crippen molar-refractivity contribution in [3.8, 4) is 27.7 Å². The molecule has 1 saturated heterocycles. The highest BCUT2D eigenvalue weighted by Crippen LogP contribution is 2.43. The summed E-state index contributed by atoms with van der Waals surface area (Å²) >= 11 is 1.86. The number of fused-ring (bicyclic) bond motifs is 1. The van der Waals surface area contributed by atoms with Crippen molar-refractivity contribution in [3.05, 3.63) is 34.7 Å². The Labute approximate surface area is 216 Å². The van der Waals surface area contributed by atoms with E-state index in [0.29, 0.717) is 17.3 Å². The third-order valence-corrected chi connectivity index (χ3v) is 9.32. The van der Waals surface area contributed by atoms with Crippen molar-refractivity contribution < 1.29 is 4.74 Å². The number of methoxy groups -OCH3 is 1. The number of thiazole rings is 1. The Morgan fingerprint density at radius 3 is 2.64 bits per heavy atom. The Kier molecular flexibility index (Phi) is 6.29. The van der Waals surface area contributed by atoms with Gasteiger partial charge in [0.25, 0.3) is 0 Å². The molecule has 0 amide bonds. The van der Waals surface area contributed by atoms with Gasteiger partial charge in [-0.15, -0.1) is 11.3 Å². The van der Waals surface area contributed by atoms with Crippen molar-refractivity contribution in [2.45, 2.75) is 77.2 Å². The second-order valence-corrected chi connectivity index (χ2v) is 11.6. The summed E-state index contributed by atoms with van der Waals surface area (Å²) in [6, 6.07) is 2.78. The van der Waals surface area contributed by atoms with Gasteiger partial charge in [0.1, 0.15) is 11.3 Å². The van der Waals surface area contributed by atoms with Crippen molar-refractivity contribution >= 4 is 17.0 Å². The summed E-state index contributed by atoms with van der Waals surface area (Å²) in [5, 5.41) is 13.5. The molecule has 1 aliphatic carbocycles. The molecule has 8 nitrogen and oxygen atoms in total. The molecule has 2 fully saturated rings. The predicted molar refractivity (Wildman–Crippen MR) is 143 cm³/mol.